The average molecular weight is 445 g/mol. The maximum Gasteiger partial charge on any atom is 0.343 e. The van der Waals surface area contributed by atoms with Crippen LogP contribution in [-0.4, -0.2) is 65.6 Å². The van der Waals surface area contributed by atoms with Crippen molar-refractivity contribution in [2.24, 2.45) is 0 Å². The van der Waals surface area contributed by atoms with Crippen LogP contribution in [0.1, 0.15) is 12.5 Å². The van der Waals surface area contributed by atoms with E-state index in [1.165, 1.54) is 11.5 Å². The lowest BCUT2D eigenvalue weighted by atomic mass is 10.2. The van der Waals surface area contributed by atoms with E-state index < -0.39 is 15.7 Å². The Balaban J connectivity index is 1.98. The van der Waals surface area contributed by atoms with Gasteiger partial charge in [0.25, 0.3) is 0 Å². The van der Waals surface area contributed by atoms with E-state index in [1.807, 2.05) is 49.3 Å². The molecular weight excluding hydrogens is 416 g/mol. The number of carbonyl (C=O) groups is 1. The number of carbonyl (C=O) groups excluding carboxylic acids is 1. The number of amides is 1. The summed E-state index contributed by atoms with van der Waals surface area (Å²) in [6.45, 7) is 2.82. The van der Waals surface area contributed by atoms with Crippen molar-refractivity contribution >= 4 is 27.0 Å². The Kier molecular flexibility index (Phi) is 6.97. The van der Waals surface area contributed by atoms with Gasteiger partial charge in [0, 0.05) is 19.6 Å². The molecule has 1 aromatic heterocycles. The summed E-state index contributed by atoms with van der Waals surface area (Å²) in [5.74, 6) is -0.456. The first-order valence-electron chi connectivity index (χ1n) is 10.1. The van der Waals surface area contributed by atoms with E-state index in [-0.39, 0.29) is 23.7 Å². The van der Waals surface area contributed by atoms with Crippen LogP contribution < -0.4 is 5.69 Å². The van der Waals surface area contributed by atoms with Crippen LogP contribution in [0.2, 0.25) is 0 Å². The Hall–Kier alpha value is -2.91. The van der Waals surface area contributed by atoms with Gasteiger partial charge in [-0.2, -0.15) is 3.97 Å². The quantitative estimate of drug-likeness (QED) is 0.500. The third-order valence-electron chi connectivity index (χ3n) is 5.12. The minimum atomic E-state index is -3.81. The summed E-state index contributed by atoms with van der Waals surface area (Å²) in [4.78, 5) is 30.0. The van der Waals surface area contributed by atoms with Gasteiger partial charge < -0.3 is 9.80 Å². The van der Waals surface area contributed by atoms with Crippen LogP contribution in [0.15, 0.2) is 59.4 Å². The van der Waals surface area contributed by atoms with Gasteiger partial charge in [0.15, 0.2) is 0 Å². The summed E-state index contributed by atoms with van der Waals surface area (Å²) in [5.41, 5.74) is 0.969. The molecule has 3 rings (SSSR count). The number of fused-ring (bicyclic) bond motifs is 1. The number of benzene rings is 2. The normalized spacial score (nSPS) is 11.9. The van der Waals surface area contributed by atoms with Crippen molar-refractivity contribution in [3.05, 3.63) is 70.6 Å². The van der Waals surface area contributed by atoms with Crippen molar-refractivity contribution in [2.45, 2.75) is 20.0 Å². The van der Waals surface area contributed by atoms with Crippen molar-refractivity contribution < 1.29 is 13.2 Å². The lowest BCUT2D eigenvalue weighted by molar-refractivity contribution is -0.132. The molecule has 1 heterocycles. The van der Waals surface area contributed by atoms with Crippen molar-refractivity contribution in [3.8, 4) is 0 Å². The first-order chi connectivity index (χ1) is 14.7. The molecule has 0 radical (unpaired) electrons. The van der Waals surface area contributed by atoms with E-state index in [1.54, 1.807) is 29.2 Å². The number of hydrogen-bond acceptors (Lipinski definition) is 5. The minimum absolute atomic E-state index is 0.210. The Morgan fingerprint density at radius 1 is 0.935 bits per heavy atom. The first-order valence-corrected chi connectivity index (χ1v) is 11.8. The van der Waals surface area contributed by atoms with Crippen LogP contribution in [-0.2, 0) is 27.9 Å². The monoisotopic (exact) mass is 444 g/mol. The molecule has 2 aromatic carbocycles. The summed E-state index contributed by atoms with van der Waals surface area (Å²) in [5, 5.41) is 0. The highest BCUT2D eigenvalue weighted by Gasteiger charge is 2.24. The molecule has 9 heteroatoms. The highest BCUT2D eigenvalue weighted by Crippen LogP contribution is 2.16. The third-order valence-corrected chi connectivity index (χ3v) is 6.76. The standard InChI is InChI=1S/C22H28N4O4S/c1-4-31(29,30)26-20-13-9-8-12-19(20)25(22(26)28)17-21(27)24(15-14-23(2)3)16-18-10-6-5-7-11-18/h5-13H,4,14-17H2,1-3H3. The molecular formula is C22H28N4O4S. The van der Waals surface area contributed by atoms with Gasteiger partial charge in [-0.25, -0.2) is 13.2 Å². The second-order valence-electron chi connectivity index (χ2n) is 7.63. The molecule has 3 aromatic rings. The van der Waals surface area contributed by atoms with Crippen LogP contribution in [0, 0.1) is 0 Å². The molecule has 0 atom stereocenters. The minimum Gasteiger partial charge on any atom is -0.336 e. The molecule has 0 fully saturated rings. The van der Waals surface area contributed by atoms with Crippen molar-refractivity contribution in [2.75, 3.05) is 32.9 Å². The zero-order valence-corrected chi connectivity index (χ0v) is 18.9. The van der Waals surface area contributed by atoms with Crippen LogP contribution in [0.5, 0.6) is 0 Å². The molecule has 1 amide bonds. The third kappa shape index (κ3) is 5.05. The molecule has 166 valence electrons. The van der Waals surface area contributed by atoms with Gasteiger partial charge in [-0.1, -0.05) is 42.5 Å². The van der Waals surface area contributed by atoms with E-state index >= 15 is 0 Å². The average Bonchev–Trinajstić information content (AvgIpc) is 3.03. The lowest BCUT2D eigenvalue weighted by Crippen LogP contribution is -2.40. The molecule has 0 aliphatic heterocycles. The highest BCUT2D eigenvalue weighted by molar-refractivity contribution is 7.90. The molecule has 0 aliphatic rings. The summed E-state index contributed by atoms with van der Waals surface area (Å²) in [6, 6.07) is 16.3. The topological polar surface area (TPSA) is 84.6 Å². The molecule has 0 spiro atoms. The zero-order valence-electron chi connectivity index (χ0n) is 18.1. The van der Waals surface area contributed by atoms with Gasteiger partial charge in [0.1, 0.15) is 6.54 Å². The second kappa shape index (κ2) is 9.49. The molecule has 0 N–H and O–H groups in total. The molecule has 8 nitrogen and oxygen atoms in total. The van der Waals surface area contributed by atoms with Gasteiger partial charge in [-0.15, -0.1) is 0 Å². The van der Waals surface area contributed by atoms with Gasteiger partial charge >= 0.3 is 5.69 Å². The van der Waals surface area contributed by atoms with Crippen molar-refractivity contribution in [1.82, 2.24) is 18.3 Å². The van der Waals surface area contributed by atoms with Crippen LogP contribution >= 0.6 is 0 Å². The summed E-state index contributed by atoms with van der Waals surface area (Å²) in [7, 11) is 0.0500. The van der Waals surface area contributed by atoms with Gasteiger partial charge in [-0.05, 0) is 38.7 Å². The largest absolute Gasteiger partial charge is 0.343 e. The summed E-state index contributed by atoms with van der Waals surface area (Å²) in [6.07, 6.45) is 0. The lowest BCUT2D eigenvalue weighted by Gasteiger charge is -2.25. The van der Waals surface area contributed by atoms with Crippen molar-refractivity contribution in [1.29, 1.82) is 0 Å². The zero-order chi connectivity index (χ0) is 22.6. The van der Waals surface area contributed by atoms with Gasteiger partial charge in [0.2, 0.25) is 15.9 Å². The van der Waals surface area contributed by atoms with E-state index in [0.29, 0.717) is 25.2 Å². The number of hydrogen-bond donors (Lipinski definition) is 0. The number of rotatable bonds is 9. The molecule has 0 saturated carbocycles. The fourth-order valence-corrected chi connectivity index (χ4v) is 4.43. The fraction of sp³-hybridized carbons (Fsp3) is 0.364. The van der Waals surface area contributed by atoms with E-state index in [9.17, 15) is 18.0 Å². The molecule has 0 unspecified atom stereocenters. The molecule has 0 aliphatic carbocycles. The predicted octanol–water partition coefficient (Wildman–Crippen LogP) is 1.59. The number of nitrogens with zero attached hydrogens (tertiary/aromatic N) is 4. The maximum absolute atomic E-state index is 13.2. The van der Waals surface area contributed by atoms with Gasteiger partial charge in [0.05, 0.1) is 16.8 Å². The smallest absolute Gasteiger partial charge is 0.336 e. The van der Waals surface area contributed by atoms with E-state index in [2.05, 4.69) is 0 Å². The highest BCUT2D eigenvalue weighted by atomic mass is 32.2. The van der Waals surface area contributed by atoms with Crippen LogP contribution in [0.3, 0.4) is 0 Å². The molecule has 31 heavy (non-hydrogen) atoms. The van der Waals surface area contributed by atoms with E-state index in [0.717, 1.165) is 9.54 Å². The van der Waals surface area contributed by atoms with Crippen LogP contribution in [0.25, 0.3) is 11.0 Å². The number of aromatic nitrogens is 2. The molecule has 0 saturated heterocycles. The van der Waals surface area contributed by atoms with Crippen molar-refractivity contribution in [3.63, 3.8) is 0 Å². The number of imidazole rings is 1. The first kappa shape index (κ1) is 22.8. The van der Waals surface area contributed by atoms with Crippen LogP contribution in [0.4, 0.5) is 0 Å². The fourth-order valence-electron chi connectivity index (χ4n) is 3.38. The summed E-state index contributed by atoms with van der Waals surface area (Å²) < 4.78 is 27.1. The predicted molar refractivity (Wildman–Crippen MR) is 121 cm³/mol. The van der Waals surface area contributed by atoms with E-state index in [4.69, 9.17) is 0 Å². The Labute approximate surface area is 182 Å². The molecule has 0 bridgehead atoms. The second-order valence-corrected chi connectivity index (χ2v) is 9.73. The number of likely N-dealkylation sites (N-methyl/N-ethyl adjacent to an activating group) is 1. The number of para-hydroxylation sites is 2. The Morgan fingerprint density at radius 3 is 2.16 bits per heavy atom. The summed E-state index contributed by atoms with van der Waals surface area (Å²) >= 11 is 0. The Morgan fingerprint density at radius 2 is 1.55 bits per heavy atom. The Bertz CT molecular complexity index is 1210. The maximum atomic E-state index is 13.2. The van der Waals surface area contributed by atoms with Gasteiger partial charge in [-0.3, -0.25) is 9.36 Å². The SMILES string of the molecule is CCS(=O)(=O)n1c(=O)n(CC(=O)N(CCN(C)C)Cc2ccccc2)c2ccccc21.